The van der Waals surface area contributed by atoms with E-state index in [2.05, 4.69) is 0 Å². The van der Waals surface area contributed by atoms with Gasteiger partial charge in [-0.25, -0.2) is 12.7 Å². The quantitative estimate of drug-likeness (QED) is 0.308. The molecule has 2 heterocycles. The molecule has 4 rings (SSSR count). The molecule has 202 valence electrons. The van der Waals surface area contributed by atoms with Crippen molar-refractivity contribution >= 4 is 39.1 Å². The molecule has 11 heteroatoms. The highest BCUT2D eigenvalue weighted by atomic mass is 32.2. The van der Waals surface area contributed by atoms with Crippen LogP contribution in [0.5, 0.6) is 0 Å². The monoisotopic (exact) mass is 540 g/mol. The summed E-state index contributed by atoms with van der Waals surface area (Å²) in [6.45, 7) is 2.75. The molecule has 1 atom stereocenters. The Balaban J connectivity index is 1.98. The fourth-order valence-corrected chi connectivity index (χ4v) is 5.95. The fourth-order valence-electron chi connectivity index (χ4n) is 5.05. The maximum absolute atomic E-state index is 14.3. The largest absolute Gasteiger partial charge is 0.507 e. The van der Waals surface area contributed by atoms with E-state index in [1.54, 1.807) is 29.2 Å². The summed E-state index contributed by atoms with van der Waals surface area (Å²) in [7, 11) is 2.72. The molecular weight excluding hydrogens is 508 g/mol. The molecule has 38 heavy (non-hydrogen) atoms. The van der Waals surface area contributed by atoms with Crippen LogP contribution in [0.15, 0.2) is 59.0 Å². The first kappa shape index (κ1) is 27.5. The molecule has 0 bridgehead atoms. The SMILES string of the molecule is CCCN1C(=O)C2(/C(=C(/O)c3ccc(S(=O)(=O)N(C)C)cc3)C(=O)C(=O)N2CCN(C)C)c2ccccc21. The van der Waals surface area contributed by atoms with Crippen LogP contribution in [-0.4, -0.2) is 93.1 Å². The number of anilines is 1. The molecule has 2 aromatic carbocycles. The number of likely N-dealkylation sites (tertiary alicyclic amines) is 1. The van der Waals surface area contributed by atoms with Crippen LogP contribution in [0.2, 0.25) is 0 Å². The Kier molecular flexibility index (Phi) is 7.21. The van der Waals surface area contributed by atoms with E-state index in [0.29, 0.717) is 30.8 Å². The number of para-hydroxylation sites is 1. The smallest absolute Gasteiger partial charge is 0.296 e. The number of amides is 2. The van der Waals surface area contributed by atoms with Gasteiger partial charge in [0, 0.05) is 44.9 Å². The normalized spacial score (nSPS) is 20.9. The zero-order valence-electron chi connectivity index (χ0n) is 22.1. The number of ketones is 1. The molecule has 10 nitrogen and oxygen atoms in total. The second-order valence-electron chi connectivity index (χ2n) is 9.81. The van der Waals surface area contributed by atoms with Gasteiger partial charge in [0.2, 0.25) is 10.0 Å². The van der Waals surface area contributed by atoms with Gasteiger partial charge in [-0.2, -0.15) is 0 Å². The van der Waals surface area contributed by atoms with Gasteiger partial charge in [-0.1, -0.05) is 25.1 Å². The molecule has 1 N–H and O–H groups in total. The van der Waals surface area contributed by atoms with Gasteiger partial charge in [-0.3, -0.25) is 14.4 Å². The maximum Gasteiger partial charge on any atom is 0.296 e. The summed E-state index contributed by atoms with van der Waals surface area (Å²) in [6.07, 6.45) is 0.641. The van der Waals surface area contributed by atoms with Gasteiger partial charge < -0.3 is 19.8 Å². The number of benzene rings is 2. The number of aliphatic hydroxyl groups is 1. The molecule has 1 unspecified atom stereocenters. The van der Waals surface area contributed by atoms with Gasteiger partial charge in [0.1, 0.15) is 5.76 Å². The molecule has 0 radical (unpaired) electrons. The Labute approximate surface area is 222 Å². The summed E-state index contributed by atoms with van der Waals surface area (Å²) < 4.78 is 26.1. The van der Waals surface area contributed by atoms with Crippen molar-refractivity contribution in [2.75, 3.05) is 52.7 Å². The number of fused-ring (bicyclic) bond motifs is 2. The van der Waals surface area contributed by atoms with Crippen molar-refractivity contribution in [1.82, 2.24) is 14.1 Å². The van der Waals surface area contributed by atoms with Crippen LogP contribution in [0, 0.1) is 0 Å². The van der Waals surface area contributed by atoms with E-state index >= 15 is 0 Å². The third kappa shape index (κ3) is 4.01. The van der Waals surface area contributed by atoms with Gasteiger partial charge in [0.05, 0.1) is 16.2 Å². The summed E-state index contributed by atoms with van der Waals surface area (Å²) in [5.74, 6) is -2.85. The Morgan fingerprint density at radius 1 is 0.947 bits per heavy atom. The summed E-state index contributed by atoms with van der Waals surface area (Å²) in [6, 6.07) is 12.3. The number of carbonyl (C=O) groups excluding carboxylic acids is 3. The van der Waals surface area contributed by atoms with E-state index in [1.165, 1.54) is 43.3 Å². The maximum atomic E-state index is 14.3. The minimum absolute atomic E-state index is 0.00314. The van der Waals surface area contributed by atoms with Crippen LogP contribution in [0.4, 0.5) is 5.69 Å². The van der Waals surface area contributed by atoms with Crippen molar-refractivity contribution < 1.29 is 27.9 Å². The number of Topliss-reactive ketones (excluding diaryl/α,β-unsaturated/α-hetero) is 1. The standard InChI is InChI=1S/C27H32N4O6S/c1-6-15-30-21-10-8-7-9-20(21)27(26(30)35)22(24(33)25(34)31(27)17-16-28(2)3)23(32)18-11-13-19(14-12-18)38(36,37)29(4)5/h7-14,32H,6,15-17H2,1-5H3/b23-22+. The van der Waals surface area contributed by atoms with Gasteiger partial charge >= 0.3 is 0 Å². The summed E-state index contributed by atoms with van der Waals surface area (Å²) in [5, 5.41) is 11.5. The third-order valence-corrected chi connectivity index (χ3v) is 8.76. The Hall–Kier alpha value is -3.54. The van der Waals surface area contributed by atoms with E-state index in [-0.39, 0.29) is 22.6 Å². The zero-order chi connectivity index (χ0) is 28.0. The van der Waals surface area contributed by atoms with Crippen LogP contribution in [0.25, 0.3) is 5.76 Å². The Bertz CT molecular complexity index is 1430. The molecule has 2 aliphatic heterocycles. The molecular formula is C27H32N4O6S. The van der Waals surface area contributed by atoms with Crippen LogP contribution in [0.1, 0.15) is 24.5 Å². The summed E-state index contributed by atoms with van der Waals surface area (Å²) >= 11 is 0. The fraction of sp³-hybridized carbons (Fsp3) is 0.370. The van der Waals surface area contributed by atoms with Crippen LogP contribution < -0.4 is 4.90 Å². The molecule has 1 fully saturated rings. The average Bonchev–Trinajstić information content (AvgIpc) is 3.25. The molecule has 0 aliphatic carbocycles. The van der Waals surface area contributed by atoms with Crippen LogP contribution >= 0.6 is 0 Å². The first-order chi connectivity index (χ1) is 17.9. The number of rotatable bonds is 8. The predicted octanol–water partition coefficient (Wildman–Crippen LogP) is 1.83. The number of likely N-dealkylation sites (N-methyl/N-ethyl adjacent to an activating group) is 1. The van der Waals surface area contributed by atoms with Gasteiger partial charge in [0.25, 0.3) is 17.6 Å². The lowest BCUT2D eigenvalue weighted by atomic mass is 9.82. The minimum Gasteiger partial charge on any atom is -0.507 e. The highest BCUT2D eigenvalue weighted by molar-refractivity contribution is 7.89. The number of hydrogen-bond donors (Lipinski definition) is 1. The molecule has 1 spiro atoms. The van der Waals surface area contributed by atoms with Crippen molar-refractivity contribution in [3.63, 3.8) is 0 Å². The van der Waals surface area contributed by atoms with Crippen LogP contribution in [-0.2, 0) is 29.9 Å². The average molecular weight is 541 g/mol. The van der Waals surface area contributed by atoms with Crippen molar-refractivity contribution in [3.8, 4) is 0 Å². The lowest BCUT2D eigenvalue weighted by Gasteiger charge is -2.35. The molecule has 2 aliphatic rings. The first-order valence-electron chi connectivity index (χ1n) is 12.3. The number of sulfonamides is 1. The highest BCUT2D eigenvalue weighted by Crippen LogP contribution is 2.53. The Morgan fingerprint density at radius 2 is 1.58 bits per heavy atom. The zero-order valence-corrected chi connectivity index (χ0v) is 22.9. The van der Waals surface area contributed by atoms with Crippen LogP contribution in [0.3, 0.4) is 0 Å². The van der Waals surface area contributed by atoms with E-state index in [9.17, 15) is 27.9 Å². The first-order valence-corrected chi connectivity index (χ1v) is 13.7. The van der Waals surface area contributed by atoms with Crippen molar-refractivity contribution in [2.24, 2.45) is 0 Å². The number of nitrogens with zero attached hydrogens (tertiary/aromatic N) is 4. The number of carbonyl (C=O) groups is 3. The number of hydrogen-bond acceptors (Lipinski definition) is 7. The lowest BCUT2D eigenvalue weighted by molar-refractivity contribution is -0.143. The summed E-state index contributed by atoms with van der Waals surface area (Å²) in [5.41, 5.74) is -1.01. The van der Waals surface area contributed by atoms with Crippen molar-refractivity contribution in [1.29, 1.82) is 0 Å². The molecule has 2 amide bonds. The third-order valence-electron chi connectivity index (χ3n) is 6.93. The van der Waals surface area contributed by atoms with Crippen molar-refractivity contribution in [3.05, 3.63) is 65.2 Å². The van der Waals surface area contributed by atoms with Crippen molar-refractivity contribution in [2.45, 2.75) is 23.8 Å². The minimum atomic E-state index is -3.73. The highest BCUT2D eigenvalue weighted by Gasteiger charge is 2.66. The predicted molar refractivity (Wildman–Crippen MR) is 143 cm³/mol. The second kappa shape index (κ2) is 9.97. The van der Waals surface area contributed by atoms with Gasteiger partial charge in [-0.15, -0.1) is 0 Å². The molecule has 1 saturated heterocycles. The molecule has 2 aromatic rings. The number of aliphatic hydroxyl groups excluding tert-OH is 1. The van der Waals surface area contributed by atoms with E-state index in [0.717, 1.165) is 4.31 Å². The topological polar surface area (TPSA) is 119 Å². The second-order valence-corrected chi connectivity index (χ2v) is 12.0. The lowest BCUT2D eigenvalue weighted by Crippen LogP contribution is -2.53. The van der Waals surface area contributed by atoms with E-state index < -0.39 is 38.9 Å². The van der Waals surface area contributed by atoms with E-state index in [1.807, 2.05) is 25.9 Å². The summed E-state index contributed by atoms with van der Waals surface area (Å²) in [4.78, 5) is 46.0. The molecule has 0 saturated carbocycles. The van der Waals surface area contributed by atoms with E-state index in [4.69, 9.17) is 0 Å². The van der Waals surface area contributed by atoms with Gasteiger partial charge in [0.15, 0.2) is 5.54 Å². The molecule has 0 aromatic heterocycles. The Morgan fingerprint density at radius 3 is 2.16 bits per heavy atom. The van der Waals surface area contributed by atoms with Gasteiger partial charge in [-0.05, 0) is 50.8 Å².